The molecule has 4 bridgehead atoms. The van der Waals surface area contributed by atoms with E-state index in [4.69, 9.17) is 10.5 Å². The van der Waals surface area contributed by atoms with Gasteiger partial charge >= 0.3 is 6.09 Å². The molecule has 24 heavy (non-hydrogen) atoms. The van der Waals surface area contributed by atoms with E-state index in [0.717, 1.165) is 37.7 Å². The maximum Gasteiger partial charge on any atom is 0.407 e. The second-order valence-electron chi connectivity index (χ2n) is 7.85. The Labute approximate surface area is 141 Å². The third-order valence-corrected chi connectivity index (χ3v) is 6.29. The number of rotatable bonds is 4. The van der Waals surface area contributed by atoms with Gasteiger partial charge in [0, 0.05) is 11.5 Å². The summed E-state index contributed by atoms with van der Waals surface area (Å²) in [6.07, 6.45) is 4.41. The summed E-state index contributed by atoms with van der Waals surface area (Å²) in [5.74, 6) is 1.15. The molecule has 2 unspecified atom stereocenters. The minimum atomic E-state index is -0.357. The third kappa shape index (κ3) is 2.66. The molecule has 1 aromatic rings. The van der Waals surface area contributed by atoms with Crippen LogP contribution >= 0.6 is 0 Å². The first kappa shape index (κ1) is 15.5. The number of nitrogens with one attached hydrogen (secondary N) is 1. The maximum atomic E-state index is 12.2. The Kier molecular flexibility index (Phi) is 3.74. The number of amides is 2. The number of alkyl carbamates (subject to hydrolysis) is 1. The van der Waals surface area contributed by atoms with Gasteiger partial charge in [0.25, 0.3) is 0 Å². The van der Waals surface area contributed by atoms with Crippen LogP contribution in [-0.4, -0.2) is 18.0 Å². The van der Waals surface area contributed by atoms with Gasteiger partial charge in [-0.15, -0.1) is 0 Å². The maximum absolute atomic E-state index is 12.2. The van der Waals surface area contributed by atoms with Gasteiger partial charge in [0.15, 0.2) is 0 Å². The number of hydrogen-bond acceptors (Lipinski definition) is 3. The molecule has 0 aliphatic heterocycles. The van der Waals surface area contributed by atoms with Crippen molar-refractivity contribution in [2.24, 2.45) is 28.9 Å². The van der Waals surface area contributed by atoms with Crippen LogP contribution in [0.3, 0.4) is 0 Å². The van der Waals surface area contributed by atoms with Gasteiger partial charge in [-0.25, -0.2) is 4.79 Å². The molecule has 0 spiro atoms. The van der Waals surface area contributed by atoms with E-state index in [9.17, 15) is 9.59 Å². The van der Waals surface area contributed by atoms with E-state index in [-0.39, 0.29) is 30.1 Å². The number of carbonyl (C=O) groups is 2. The summed E-state index contributed by atoms with van der Waals surface area (Å²) in [6, 6.07) is 9.79. The molecule has 0 radical (unpaired) electrons. The smallest absolute Gasteiger partial charge is 0.407 e. The van der Waals surface area contributed by atoms with Gasteiger partial charge in [-0.2, -0.15) is 0 Å². The lowest BCUT2D eigenvalue weighted by molar-refractivity contribution is -0.145. The first-order chi connectivity index (χ1) is 11.6. The predicted molar refractivity (Wildman–Crippen MR) is 88.7 cm³/mol. The molecule has 5 nitrogen and oxygen atoms in total. The van der Waals surface area contributed by atoms with E-state index in [2.05, 4.69) is 5.32 Å². The zero-order chi connectivity index (χ0) is 16.7. The Bertz CT molecular complexity index is 629. The second-order valence-corrected chi connectivity index (χ2v) is 7.85. The SMILES string of the molecule is NC(=O)C12CC3CC(C1)C(NC(=O)OCc1ccccc1)C(C3)C2. The monoisotopic (exact) mass is 328 g/mol. The highest BCUT2D eigenvalue weighted by Gasteiger charge is 2.58. The van der Waals surface area contributed by atoms with Gasteiger partial charge in [0.2, 0.25) is 5.91 Å². The number of ether oxygens (including phenoxy) is 1. The number of benzene rings is 1. The summed E-state index contributed by atoms with van der Waals surface area (Å²) in [5, 5.41) is 3.08. The Morgan fingerprint density at radius 3 is 2.42 bits per heavy atom. The number of nitrogens with two attached hydrogens (primary N) is 1. The fourth-order valence-corrected chi connectivity index (χ4v) is 5.46. The third-order valence-electron chi connectivity index (χ3n) is 6.29. The summed E-state index contributed by atoms with van der Waals surface area (Å²) in [5.41, 5.74) is 6.36. The Balaban J connectivity index is 1.38. The molecule has 3 N–H and O–H groups in total. The van der Waals surface area contributed by atoms with Crippen molar-refractivity contribution in [3.05, 3.63) is 35.9 Å². The van der Waals surface area contributed by atoms with Crippen LogP contribution in [0.5, 0.6) is 0 Å². The van der Waals surface area contributed by atoms with Crippen molar-refractivity contribution in [1.29, 1.82) is 0 Å². The summed E-state index contributed by atoms with van der Waals surface area (Å²) >= 11 is 0. The van der Waals surface area contributed by atoms with Gasteiger partial charge in [0.1, 0.15) is 6.61 Å². The van der Waals surface area contributed by atoms with Crippen molar-refractivity contribution >= 4 is 12.0 Å². The zero-order valence-corrected chi connectivity index (χ0v) is 13.7. The molecule has 4 fully saturated rings. The summed E-state index contributed by atoms with van der Waals surface area (Å²) < 4.78 is 5.37. The Hall–Kier alpha value is -2.04. The van der Waals surface area contributed by atoms with Gasteiger partial charge < -0.3 is 15.8 Å². The molecule has 4 aliphatic carbocycles. The van der Waals surface area contributed by atoms with Crippen LogP contribution in [0.25, 0.3) is 0 Å². The second kappa shape index (κ2) is 5.80. The molecule has 2 amide bonds. The molecule has 2 atom stereocenters. The van der Waals surface area contributed by atoms with E-state index >= 15 is 0 Å². The highest BCUT2D eigenvalue weighted by atomic mass is 16.5. The van der Waals surface area contributed by atoms with Gasteiger partial charge in [-0.1, -0.05) is 30.3 Å². The van der Waals surface area contributed by atoms with E-state index in [0.29, 0.717) is 17.8 Å². The lowest BCUT2D eigenvalue weighted by Crippen LogP contribution is -2.62. The summed E-state index contributed by atoms with van der Waals surface area (Å²) in [7, 11) is 0. The quantitative estimate of drug-likeness (QED) is 0.891. The fourth-order valence-electron chi connectivity index (χ4n) is 5.46. The molecule has 4 aliphatic rings. The number of primary amides is 1. The zero-order valence-electron chi connectivity index (χ0n) is 13.7. The van der Waals surface area contributed by atoms with Crippen LogP contribution < -0.4 is 11.1 Å². The molecule has 0 aromatic heterocycles. The lowest BCUT2D eigenvalue weighted by Gasteiger charge is -2.58. The Morgan fingerprint density at radius 1 is 1.12 bits per heavy atom. The summed E-state index contributed by atoms with van der Waals surface area (Å²) in [6.45, 7) is 0.280. The standard InChI is InChI=1S/C19H24N2O3/c20-17(22)19-8-13-6-14(9-19)16(15(7-13)10-19)21-18(23)24-11-12-4-2-1-3-5-12/h1-5,13-16H,6-11H2,(H2,20,22)(H,21,23). The molecule has 0 heterocycles. The predicted octanol–water partition coefficient (Wildman–Crippen LogP) is 2.59. The largest absolute Gasteiger partial charge is 0.445 e. The van der Waals surface area contributed by atoms with Crippen LogP contribution in [0.4, 0.5) is 4.79 Å². The average molecular weight is 328 g/mol. The molecular weight excluding hydrogens is 304 g/mol. The summed E-state index contributed by atoms with van der Waals surface area (Å²) in [4.78, 5) is 24.1. The van der Waals surface area contributed by atoms with E-state index < -0.39 is 0 Å². The van der Waals surface area contributed by atoms with Crippen molar-refractivity contribution < 1.29 is 14.3 Å². The lowest BCUT2D eigenvalue weighted by atomic mass is 9.47. The topological polar surface area (TPSA) is 81.4 Å². The van der Waals surface area contributed by atoms with E-state index in [1.54, 1.807) is 0 Å². The average Bonchev–Trinajstić information content (AvgIpc) is 2.56. The van der Waals surface area contributed by atoms with Crippen molar-refractivity contribution in [3.8, 4) is 0 Å². The molecule has 0 saturated heterocycles. The fraction of sp³-hybridized carbons (Fsp3) is 0.579. The van der Waals surface area contributed by atoms with Crippen LogP contribution in [0.1, 0.15) is 37.7 Å². The molecular formula is C19H24N2O3. The van der Waals surface area contributed by atoms with Crippen LogP contribution in [-0.2, 0) is 16.1 Å². The minimum absolute atomic E-state index is 0.122. The minimum Gasteiger partial charge on any atom is -0.445 e. The van der Waals surface area contributed by atoms with E-state index in [1.807, 2.05) is 30.3 Å². The van der Waals surface area contributed by atoms with Crippen molar-refractivity contribution in [3.63, 3.8) is 0 Å². The highest BCUT2D eigenvalue weighted by Crippen LogP contribution is 2.59. The van der Waals surface area contributed by atoms with Crippen molar-refractivity contribution in [2.45, 2.75) is 44.8 Å². The van der Waals surface area contributed by atoms with Gasteiger partial charge in [-0.05, 0) is 55.4 Å². The van der Waals surface area contributed by atoms with Crippen LogP contribution in [0.15, 0.2) is 30.3 Å². The van der Waals surface area contributed by atoms with Crippen molar-refractivity contribution in [1.82, 2.24) is 5.32 Å². The van der Waals surface area contributed by atoms with Gasteiger partial charge in [-0.3, -0.25) is 4.79 Å². The molecule has 5 rings (SSSR count). The number of carbonyl (C=O) groups excluding carboxylic acids is 2. The molecule has 128 valence electrons. The molecule has 5 heteroatoms. The Morgan fingerprint density at radius 2 is 1.79 bits per heavy atom. The molecule has 4 saturated carbocycles. The normalized spacial score (nSPS) is 36.3. The molecule has 1 aromatic carbocycles. The first-order valence-electron chi connectivity index (χ1n) is 8.83. The number of hydrogen-bond donors (Lipinski definition) is 2. The highest BCUT2D eigenvalue weighted by molar-refractivity contribution is 5.81. The van der Waals surface area contributed by atoms with E-state index in [1.165, 1.54) is 0 Å². The van der Waals surface area contributed by atoms with Gasteiger partial charge in [0.05, 0.1) is 0 Å². The first-order valence-corrected chi connectivity index (χ1v) is 8.83. The van der Waals surface area contributed by atoms with Crippen molar-refractivity contribution in [2.75, 3.05) is 0 Å². The van der Waals surface area contributed by atoms with Crippen LogP contribution in [0, 0.1) is 23.2 Å². The van der Waals surface area contributed by atoms with Crippen LogP contribution in [0.2, 0.25) is 0 Å².